The van der Waals surface area contributed by atoms with Gasteiger partial charge in [-0.05, 0) is 45.0 Å². The maximum absolute atomic E-state index is 13.0. The summed E-state index contributed by atoms with van der Waals surface area (Å²) in [6.45, 7) is 4.83. The first-order chi connectivity index (χ1) is 16.6. The van der Waals surface area contributed by atoms with Crippen molar-refractivity contribution in [1.29, 1.82) is 0 Å². The van der Waals surface area contributed by atoms with Crippen LogP contribution < -0.4 is 5.32 Å². The Morgan fingerprint density at radius 1 is 1.20 bits per heavy atom. The van der Waals surface area contributed by atoms with Crippen molar-refractivity contribution < 1.29 is 27.5 Å². The number of carbonyl (C=O) groups is 2. The third kappa shape index (κ3) is 4.72. The number of aryl methyl sites for hydroxylation is 1. The van der Waals surface area contributed by atoms with E-state index in [2.05, 4.69) is 20.5 Å². The summed E-state index contributed by atoms with van der Waals surface area (Å²) in [5.41, 5.74) is 1.38. The number of hydrogen-bond acceptors (Lipinski definition) is 6. The Hall–Kier alpha value is -4.22. The number of rotatable bonds is 6. The Balaban J connectivity index is 1.60. The molecule has 4 rings (SSSR count). The molecule has 0 bridgehead atoms. The molecule has 1 N–H and O–H groups in total. The van der Waals surface area contributed by atoms with Gasteiger partial charge in [0, 0.05) is 23.1 Å². The number of ether oxygens (including phenoxy) is 1. The normalized spacial score (nSPS) is 12.5. The standard InChI is InChI=1S/C23H21F3N6O3/c1-4-35-22(34)17-12-28-32-18(8-9-27-20(17)32)15-6-5-7-16(11-15)29-21(33)14(3)31-13(2)10-19(30-31)23(24,25)26/h5-12,14H,4H2,1-3H3,(H,29,33). The molecule has 0 fully saturated rings. The fourth-order valence-electron chi connectivity index (χ4n) is 3.60. The fourth-order valence-corrected chi connectivity index (χ4v) is 3.60. The number of nitrogens with one attached hydrogen (secondary N) is 1. The van der Waals surface area contributed by atoms with Crippen LogP contribution >= 0.6 is 0 Å². The van der Waals surface area contributed by atoms with Crippen LogP contribution in [0.2, 0.25) is 0 Å². The molecule has 0 aliphatic heterocycles. The molecular formula is C23H21F3N6O3. The number of hydrogen-bond donors (Lipinski definition) is 1. The Labute approximate surface area is 197 Å². The second kappa shape index (κ2) is 9.20. The third-order valence-corrected chi connectivity index (χ3v) is 5.28. The van der Waals surface area contributed by atoms with Crippen molar-refractivity contribution >= 4 is 23.2 Å². The van der Waals surface area contributed by atoms with Crippen LogP contribution in [-0.2, 0) is 15.7 Å². The molecular weight excluding hydrogens is 465 g/mol. The van der Waals surface area contributed by atoms with Crippen LogP contribution in [0.3, 0.4) is 0 Å². The van der Waals surface area contributed by atoms with E-state index in [0.717, 1.165) is 10.7 Å². The Kier molecular flexibility index (Phi) is 6.29. The van der Waals surface area contributed by atoms with E-state index in [1.807, 2.05) is 0 Å². The molecule has 3 heterocycles. The first-order valence-electron chi connectivity index (χ1n) is 10.6. The molecule has 0 saturated carbocycles. The Morgan fingerprint density at radius 2 is 1.97 bits per heavy atom. The Bertz CT molecular complexity index is 1410. The Morgan fingerprint density at radius 3 is 2.66 bits per heavy atom. The van der Waals surface area contributed by atoms with Crippen molar-refractivity contribution in [3.63, 3.8) is 0 Å². The summed E-state index contributed by atoms with van der Waals surface area (Å²) in [5.74, 6) is -1.07. The monoisotopic (exact) mass is 486 g/mol. The van der Waals surface area contributed by atoms with E-state index in [1.165, 1.54) is 30.8 Å². The van der Waals surface area contributed by atoms with E-state index in [4.69, 9.17) is 4.74 Å². The van der Waals surface area contributed by atoms with Crippen molar-refractivity contribution in [2.24, 2.45) is 0 Å². The topological polar surface area (TPSA) is 103 Å². The second-order valence-corrected chi connectivity index (χ2v) is 7.70. The fraction of sp³-hybridized carbons (Fsp3) is 0.261. The van der Waals surface area contributed by atoms with E-state index >= 15 is 0 Å². The highest BCUT2D eigenvalue weighted by molar-refractivity contribution is 5.96. The molecule has 35 heavy (non-hydrogen) atoms. The van der Waals surface area contributed by atoms with Gasteiger partial charge >= 0.3 is 12.1 Å². The van der Waals surface area contributed by atoms with Crippen molar-refractivity contribution in [2.45, 2.75) is 33.0 Å². The van der Waals surface area contributed by atoms with E-state index in [9.17, 15) is 22.8 Å². The van der Waals surface area contributed by atoms with Crippen LogP contribution in [0.25, 0.3) is 16.9 Å². The van der Waals surface area contributed by atoms with Gasteiger partial charge in [-0.2, -0.15) is 23.4 Å². The number of nitrogens with zero attached hydrogens (tertiary/aromatic N) is 5. The first-order valence-corrected chi connectivity index (χ1v) is 10.6. The van der Waals surface area contributed by atoms with Crippen molar-refractivity contribution in [3.05, 3.63) is 65.7 Å². The molecule has 3 aromatic heterocycles. The molecule has 4 aromatic rings. The molecule has 1 unspecified atom stereocenters. The lowest BCUT2D eigenvalue weighted by molar-refractivity contribution is -0.141. The smallest absolute Gasteiger partial charge is 0.435 e. The van der Waals surface area contributed by atoms with E-state index in [1.54, 1.807) is 37.3 Å². The van der Waals surface area contributed by atoms with Crippen LogP contribution in [0.4, 0.5) is 18.9 Å². The van der Waals surface area contributed by atoms with Gasteiger partial charge in [0.05, 0.1) is 18.5 Å². The number of esters is 1. The zero-order valence-electron chi connectivity index (χ0n) is 19.0. The molecule has 9 nitrogen and oxygen atoms in total. The van der Waals surface area contributed by atoms with Gasteiger partial charge in [-0.25, -0.2) is 14.3 Å². The minimum atomic E-state index is -4.60. The lowest BCUT2D eigenvalue weighted by Crippen LogP contribution is -2.25. The zero-order chi connectivity index (χ0) is 25.3. The number of amides is 1. The summed E-state index contributed by atoms with van der Waals surface area (Å²) in [5, 5.41) is 10.5. The van der Waals surface area contributed by atoms with Gasteiger partial charge in [-0.3, -0.25) is 9.48 Å². The van der Waals surface area contributed by atoms with E-state index in [-0.39, 0.29) is 17.9 Å². The summed E-state index contributed by atoms with van der Waals surface area (Å²) in [7, 11) is 0. The molecule has 1 aromatic carbocycles. The van der Waals surface area contributed by atoms with Crippen LogP contribution in [0.5, 0.6) is 0 Å². The van der Waals surface area contributed by atoms with Gasteiger partial charge < -0.3 is 10.1 Å². The van der Waals surface area contributed by atoms with Crippen LogP contribution in [0.1, 0.15) is 41.6 Å². The predicted octanol–water partition coefficient (Wildman–Crippen LogP) is 4.30. The summed E-state index contributed by atoms with van der Waals surface area (Å²) in [4.78, 5) is 29.2. The summed E-state index contributed by atoms with van der Waals surface area (Å²) in [6.07, 6.45) is -1.70. The summed E-state index contributed by atoms with van der Waals surface area (Å²) in [6, 6.07) is 8.43. The number of fused-ring (bicyclic) bond motifs is 1. The molecule has 1 amide bonds. The number of alkyl halides is 3. The number of aromatic nitrogens is 5. The number of halogens is 3. The van der Waals surface area contributed by atoms with Crippen LogP contribution in [0, 0.1) is 6.92 Å². The van der Waals surface area contributed by atoms with Crippen molar-refractivity contribution in [2.75, 3.05) is 11.9 Å². The van der Waals surface area contributed by atoms with Gasteiger partial charge in [-0.1, -0.05) is 12.1 Å². The number of benzene rings is 1. The number of anilines is 1. The van der Waals surface area contributed by atoms with Crippen molar-refractivity contribution in [3.8, 4) is 11.3 Å². The average molecular weight is 486 g/mol. The molecule has 0 aliphatic rings. The van der Waals surface area contributed by atoms with E-state index in [0.29, 0.717) is 22.6 Å². The summed E-state index contributed by atoms with van der Waals surface area (Å²) < 4.78 is 46.5. The lowest BCUT2D eigenvalue weighted by Gasteiger charge is -2.15. The van der Waals surface area contributed by atoms with E-state index < -0.39 is 29.8 Å². The predicted molar refractivity (Wildman–Crippen MR) is 120 cm³/mol. The molecule has 0 saturated heterocycles. The maximum Gasteiger partial charge on any atom is 0.435 e. The molecule has 12 heteroatoms. The zero-order valence-corrected chi connectivity index (χ0v) is 19.0. The molecule has 1 atom stereocenters. The molecule has 0 radical (unpaired) electrons. The number of carbonyl (C=O) groups excluding carboxylic acids is 2. The minimum absolute atomic E-state index is 0.212. The first kappa shape index (κ1) is 23.9. The summed E-state index contributed by atoms with van der Waals surface area (Å²) >= 11 is 0. The molecule has 0 spiro atoms. The van der Waals surface area contributed by atoms with Crippen LogP contribution in [-0.4, -0.2) is 42.9 Å². The second-order valence-electron chi connectivity index (χ2n) is 7.70. The highest BCUT2D eigenvalue weighted by Gasteiger charge is 2.35. The van der Waals surface area contributed by atoms with Gasteiger partial charge in [-0.15, -0.1) is 0 Å². The quantitative estimate of drug-likeness (QED) is 0.408. The molecule has 0 aliphatic carbocycles. The average Bonchev–Trinajstić information content (AvgIpc) is 3.42. The SMILES string of the molecule is CCOC(=O)c1cnn2c(-c3cccc(NC(=O)C(C)n4nc(C(F)(F)F)cc4C)c3)ccnc12. The van der Waals surface area contributed by atoms with Gasteiger partial charge in [0.25, 0.3) is 0 Å². The minimum Gasteiger partial charge on any atom is -0.462 e. The highest BCUT2D eigenvalue weighted by Crippen LogP contribution is 2.30. The van der Waals surface area contributed by atoms with Crippen LogP contribution in [0.15, 0.2) is 48.8 Å². The third-order valence-electron chi connectivity index (χ3n) is 5.28. The van der Waals surface area contributed by atoms with Gasteiger partial charge in [0.1, 0.15) is 11.6 Å². The molecule has 182 valence electrons. The van der Waals surface area contributed by atoms with Gasteiger partial charge in [0.2, 0.25) is 5.91 Å². The maximum atomic E-state index is 13.0. The largest absolute Gasteiger partial charge is 0.462 e. The van der Waals surface area contributed by atoms with Gasteiger partial charge in [0.15, 0.2) is 11.3 Å². The highest BCUT2D eigenvalue weighted by atomic mass is 19.4. The van der Waals surface area contributed by atoms with Crippen molar-refractivity contribution in [1.82, 2.24) is 24.4 Å². The lowest BCUT2D eigenvalue weighted by atomic mass is 10.1.